The molecule has 0 atom stereocenters. The zero-order chi connectivity index (χ0) is 25.9. The molecule has 4 aromatic rings. The Kier molecular flexibility index (Phi) is 7.18. The molecule has 1 aliphatic heterocycles. The highest BCUT2D eigenvalue weighted by molar-refractivity contribution is 7.89. The fourth-order valence-corrected chi connectivity index (χ4v) is 4.75. The van der Waals surface area contributed by atoms with Gasteiger partial charge in [0.2, 0.25) is 15.9 Å². The summed E-state index contributed by atoms with van der Waals surface area (Å²) in [5.41, 5.74) is 2.43. The van der Waals surface area contributed by atoms with Crippen molar-refractivity contribution in [3.05, 3.63) is 90.1 Å². The van der Waals surface area contributed by atoms with E-state index in [-0.39, 0.29) is 18.1 Å². The zero-order valence-electron chi connectivity index (χ0n) is 20.0. The number of primary sulfonamides is 1. The van der Waals surface area contributed by atoms with Gasteiger partial charge >= 0.3 is 0 Å². The number of benzene rings is 2. The van der Waals surface area contributed by atoms with Crippen molar-refractivity contribution in [2.45, 2.75) is 36.6 Å². The van der Waals surface area contributed by atoms with Crippen LogP contribution in [0.5, 0.6) is 0 Å². The van der Waals surface area contributed by atoms with Gasteiger partial charge in [-0.25, -0.2) is 18.5 Å². The van der Waals surface area contributed by atoms with E-state index in [2.05, 4.69) is 9.97 Å². The highest BCUT2D eigenvalue weighted by Gasteiger charge is 2.33. The minimum atomic E-state index is -3.81. The molecule has 0 spiro atoms. The van der Waals surface area contributed by atoms with Gasteiger partial charge in [0.05, 0.1) is 22.9 Å². The topological polar surface area (TPSA) is 138 Å². The lowest BCUT2D eigenvalue weighted by molar-refractivity contribution is -0.0707. The van der Waals surface area contributed by atoms with Crippen molar-refractivity contribution in [1.29, 1.82) is 0 Å². The molecular weight excluding hydrogens is 494 g/mol. The fourth-order valence-electron chi connectivity index (χ4n) is 4.24. The van der Waals surface area contributed by atoms with Crippen LogP contribution in [0, 0.1) is 0 Å². The number of rotatable bonds is 8. The first-order valence-electron chi connectivity index (χ1n) is 11.8. The smallest absolute Gasteiger partial charge is 0.238 e. The van der Waals surface area contributed by atoms with Crippen molar-refractivity contribution >= 4 is 10.0 Å². The van der Waals surface area contributed by atoms with Gasteiger partial charge < -0.3 is 19.0 Å². The number of ether oxygens (including phenoxy) is 2. The van der Waals surface area contributed by atoms with E-state index in [1.165, 1.54) is 12.1 Å². The molecule has 5 rings (SSSR count). The van der Waals surface area contributed by atoms with Crippen LogP contribution in [0.1, 0.15) is 30.1 Å². The van der Waals surface area contributed by atoms with Crippen LogP contribution in [0.15, 0.2) is 82.1 Å². The molecule has 0 saturated carbocycles. The lowest BCUT2D eigenvalue weighted by Gasteiger charge is -2.31. The maximum atomic E-state index is 11.6. The highest BCUT2D eigenvalue weighted by Crippen LogP contribution is 2.34. The van der Waals surface area contributed by atoms with E-state index < -0.39 is 15.6 Å². The van der Waals surface area contributed by atoms with Crippen LogP contribution in [-0.4, -0.2) is 36.7 Å². The molecular formula is C27H27N3O6S. The van der Waals surface area contributed by atoms with Crippen molar-refractivity contribution in [1.82, 2.24) is 9.97 Å². The first-order chi connectivity index (χ1) is 17.8. The number of nitrogens with two attached hydrogens (primary N) is 1. The number of aromatic nitrogens is 2. The third-order valence-electron chi connectivity index (χ3n) is 6.24. The second kappa shape index (κ2) is 10.5. The summed E-state index contributed by atoms with van der Waals surface area (Å²) in [7, 11) is -3.81. The molecule has 0 unspecified atom stereocenters. The van der Waals surface area contributed by atoms with Crippen LogP contribution < -0.4 is 5.14 Å². The molecule has 192 valence electrons. The average molecular weight is 522 g/mol. The van der Waals surface area contributed by atoms with E-state index in [1.54, 1.807) is 12.1 Å². The number of aliphatic hydroxyl groups is 1. The van der Waals surface area contributed by atoms with E-state index in [0.717, 1.165) is 5.56 Å². The van der Waals surface area contributed by atoms with Crippen LogP contribution in [0.2, 0.25) is 0 Å². The molecule has 9 nitrogen and oxygen atoms in total. The maximum Gasteiger partial charge on any atom is 0.238 e. The van der Waals surface area contributed by atoms with Crippen molar-refractivity contribution in [2.24, 2.45) is 5.14 Å². The standard InChI is InChI=1S/C27H27N3O6S/c28-37(32,33)22-11-9-20(10-12-22)26-25(19-5-2-1-3-6-19)30-24(36-26)18-35-17-21-7-4-8-23(29-21)27(31)13-15-34-16-14-27/h1-12,31H,13-18H2,(H2,28,32,33). The molecule has 1 saturated heterocycles. The SMILES string of the molecule is NS(=O)(=O)c1ccc(-c2oc(COCc3cccc(C4(O)CCOCC4)n3)nc2-c2ccccc2)cc1. The molecule has 0 amide bonds. The largest absolute Gasteiger partial charge is 0.437 e. The Hall–Kier alpha value is -3.41. The van der Waals surface area contributed by atoms with E-state index in [0.29, 0.717) is 60.4 Å². The van der Waals surface area contributed by atoms with Crippen LogP contribution in [0.3, 0.4) is 0 Å². The zero-order valence-corrected chi connectivity index (χ0v) is 20.9. The first kappa shape index (κ1) is 25.2. The van der Waals surface area contributed by atoms with E-state index in [1.807, 2.05) is 48.5 Å². The predicted octanol–water partition coefficient (Wildman–Crippen LogP) is 3.77. The Bertz CT molecular complexity index is 1460. The third kappa shape index (κ3) is 5.79. The Morgan fingerprint density at radius 1 is 0.892 bits per heavy atom. The summed E-state index contributed by atoms with van der Waals surface area (Å²) >= 11 is 0. The average Bonchev–Trinajstić information content (AvgIpc) is 3.34. The molecule has 2 aromatic heterocycles. The van der Waals surface area contributed by atoms with E-state index in [4.69, 9.17) is 19.0 Å². The van der Waals surface area contributed by atoms with Crippen molar-refractivity contribution in [3.63, 3.8) is 0 Å². The van der Waals surface area contributed by atoms with Gasteiger partial charge in [0.15, 0.2) is 5.76 Å². The molecule has 0 bridgehead atoms. The number of hydrogen-bond donors (Lipinski definition) is 2. The Morgan fingerprint density at radius 3 is 2.32 bits per heavy atom. The Balaban J connectivity index is 1.35. The van der Waals surface area contributed by atoms with Gasteiger partial charge in [-0.15, -0.1) is 0 Å². The van der Waals surface area contributed by atoms with Gasteiger partial charge in [0.1, 0.15) is 17.9 Å². The number of hydrogen-bond acceptors (Lipinski definition) is 8. The van der Waals surface area contributed by atoms with Gasteiger partial charge in [-0.05, 0) is 36.4 Å². The number of oxazole rings is 1. The minimum absolute atomic E-state index is 0.0146. The number of nitrogens with zero attached hydrogens (tertiary/aromatic N) is 2. The van der Waals surface area contributed by atoms with Gasteiger partial charge in [-0.2, -0.15) is 0 Å². The van der Waals surface area contributed by atoms with Crippen LogP contribution in [0.4, 0.5) is 0 Å². The lowest BCUT2D eigenvalue weighted by atomic mass is 9.90. The number of sulfonamides is 1. The molecule has 3 heterocycles. The molecule has 2 aromatic carbocycles. The van der Waals surface area contributed by atoms with Crippen LogP contribution in [-0.2, 0) is 38.3 Å². The minimum Gasteiger partial charge on any atom is -0.437 e. The maximum absolute atomic E-state index is 11.6. The van der Waals surface area contributed by atoms with E-state index >= 15 is 0 Å². The molecule has 0 aliphatic carbocycles. The van der Waals surface area contributed by atoms with Crippen molar-refractivity contribution in [3.8, 4) is 22.6 Å². The van der Waals surface area contributed by atoms with Crippen molar-refractivity contribution in [2.75, 3.05) is 13.2 Å². The van der Waals surface area contributed by atoms with Crippen LogP contribution in [0.25, 0.3) is 22.6 Å². The quantitative estimate of drug-likeness (QED) is 0.357. The summed E-state index contributed by atoms with van der Waals surface area (Å²) < 4.78 is 40.6. The van der Waals surface area contributed by atoms with E-state index in [9.17, 15) is 13.5 Å². The monoisotopic (exact) mass is 521 g/mol. The molecule has 0 radical (unpaired) electrons. The highest BCUT2D eigenvalue weighted by atomic mass is 32.2. The second-order valence-electron chi connectivity index (χ2n) is 8.87. The normalized spacial score (nSPS) is 15.5. The summed E-state index contributed by atoms with van der Waals surface area (Å²) in [5.74, 6) is 0.858. The van der Waals surface area contributed by atoms with Gasteiger partial charge in [0.25, 0.3) is 0 Å². The molecule has 1 aliphatic rings. The summed E-state index contributed by atoms with van der Waals surface area (Å²) in [5, 5.41) is 16.2. The Labute approximate surface area is 215 Å². The van der Waals surface area contributed by atoms with Gasteiger partial charge in [0, 0.05) is 37.2 Å². The summed E-state index contributed by atoms with van der Waals surface area (Å²) in [6, 6.07) is 21.2. The van der Waals surface area contributed by atoms with Gasteiger partial charge in [-0.1, -0.05) is 36.4 Å². The summed E-state index contributed by atoms with van der Waals surface area (Å²) in [4.78, 5) is 9.27. The summed E-state index contributed by atoms with van der Waals surface area (Å²) in [6.45, 7) is 1.31. The fraction of sp³-hybridized carbons (Fsp3) is 0.259. The molecule has 1 fully saturated rings. The first-order valence-corrected chi connectivity index (χ1v) is 13.4. The molecule has 10 heteroatoms. The third-order valence-corrected chi connectivity index (χ3v) is 7.17. The lowest BCUT2D eigenvalue weighted by Crippen LogP contribution is -2.34. The van der Waals surface area contributed by atoms with Crippen LogP contribution >= 0.6 is 0 Å². The second-order valence-corrected chi connectivity index (χ2v) is 10.4. The molecule has 37 heavy (non-hydrogen) atoms. The number of pyridine rings is 1. The predicted molar refractivity (Wildman–Crippen MR) is 135 cm³/mol. The molecule has 3 N–H and O–H groups in total. The summed E-state index contributed by atoms with van der Waals surface area (Å²) in [6.07, 6.45) is 1.01. The Morgan fingerprint density at radius 2 is 1.62 bits per heavy atom. The van der Waals surface area contributed by atoms with Crippen molar-refractivity contribution < 1.29 is 27.4 Å². The van der Waals surface area contributed by atoms with Gasteiger partial charge in [-0.3, -0.25) is 4.98 Å².